The van der Waals surface area contributed by atoms with Gasteiger partial charge in [-0.15, -0.1) is 0 Å². The summed E-state index contributed by atoms with van der Waals surface area (Å²) in [5.41, 5.74) is 4.87. The number of nitrogens with zero attached hydrogens (tertiary/aromatic N) is 2. The van der Waals surface area contributed by atoms with Crippen LogP contribution in [0, 0.1) is 0 Å². The smallest absolute Gasteiger partial charge is 0.0681 e. The minimum atomic E-state index is 0.0926. The first-order valence-corrected chi connectivity index (χ1v) is 9.56. The third-order valence-corrected chi connectivity index (χ3v) is 5.27. The fraction of sp³-hybridized carbons (Fsp3) is 0.455. The summed E-state index contributed by atoms with van der Waals surface area (Å²) in [5.74, 6) is 0. The predicted molar refractivity (Wildman–Crippen MR) is 107 cm³/mol. The van der Waals surface area contributed by atoms with E-state index in [9.17, 15) is 5.11 Å². The molecular weight excluding hydrogens is 322 g/mol. The molecule has 4 heteroatoms. The van der Waals surface area contributed by atoms with Crippen molar-refractivity contribution in [1.82, 2.24) is 15.1 Å². The molecule has 1 fully saturated rings. The number of rotatable bonds is 7. The minimum Gasteiger partial charge on any atom is -0.392 e. The molecule has 0 aromatic heterocycles. The normalized spacial score (nSPS) is 17.3. The van der Waals surface area contributed by atoms with Crippen molar-refractivity contribution in [2.75, 3.05) is 33.2 Å². The third kappa shape index (κ3) is 5.39. The summed E-state index contributed by atoms with van der Waals surface area (Å²) < 4.78 is 0. The van der Waals surface area contributed by atoms with Gasteiger partial charge in [-0.1, -0.05) is 48.5 Å². The first kappa shape index (κ1) is 19.1. The lowest BCUT2D eigenvalue weighted by Crippen LogP contribution is -2.43. The van der Waals surface area contributed by atoms with E-state index in [0.29, 0.717) is 0 Å². The van der Waals surface area contributed by atoms with Crippen molar-refractivity contribution in [2.24, 2.45) is 0 Å². The van der Waals surface area contributed by atoms with Crippen LogP contribution in [0.2, 0.25) is 0 Å². The van der Waals surface area contributed by atoms with E-state index in [0.717, 1.165) is 44.8 Å². The Kier molecular flexibility index (Phi) is 6.80. The SMILES string of the molecule is CC(NCc1ccc(CN2CCN(C)CC2)cc1)c1cccc(CO)c1. The number of aliphatic hydroxyl groups is 1. The molecule has 1 saturated heterocycles. The van der Waals surface area contributed by atoms with Crippen LogP contribution in [0.15, 0.2) is 48.5 Å². The lowest BCUT2D eigenvalue weighted by atomic mass is 10.0. The predicted octanol–water partition coefficient (Wildman–Crippen LogP) is 2.78. The van der Waals surface area contributed by atoms with Gasteiger partial charge in [-0.3, -0.25) is 4.90 Å². The van der Waals surface area contributed by atoms with Crippen molar-refractivity contribution in [3.8, 4) is 0 Å². The van der Waals surface area contributed by atoms with Gasteiger partial charge in [0.05, 0.1) is 6.61 Å². The Morgan fingerprint density at radius 3 is 2.35 bits per heavy atom. The highest BCUT2D eigenvalue weighted by molar-refractivity contribution is 5.26. The van der Waals surface area contributed by atoms with E-state index in [2.05, 4.69) is 65.5 Å². The van der Waals surface area contributed by atoms with Gasteiger partial charge in [0, 0.05) is 45.3 Å². The van der Waals surface area contributed by atoms with Gasteiger partial charge in [0.25, 0.3) is 0 Å². The van der Waals surface area contributed by atoms with E-state index in [4.69, 9.17) is 0 Å². The number of nitrogens with one attached hydrogen (secondary N) is 1. The molecule has 0 radical (unpaired) electrons. The maximum absolute atomic E-state index is 9.28. The lowest BCUT2D eigenvalue weighted by Gasteiger charge is -2.32. The average Bonchev–Trinajstić information content (AvgIpc) is 2.69. The number of hydrogen-bond acceptors (Lipinski definition) is 4. The third-order valence-electron chi connectivity index (χ3n) is 5.27. The molecule has 0 spiro atoms. The first-order valence-electron chi connectivity index (χ1n) is 9.56. The van der Waals surface area contributed by atoms with Gasteiger partial charge in [0.1, 0.15) is 0 Å². The Labute approximate surface area is 157 Å². The molecule has 1 heterocycles. The summed E-state index contributed by atoms with van der Waals surface area (Å²) in [4.78, 5) is 4.92. The van der Waals surface area contributed by atoms with Gasteiger partial charge in [0.15, 0.2) is 0 Å². The molecule has 0 bridgehead atoms. The van der Waals surface area contributed by atoms with Crippen LogP contribution >= 0.6 is 0 Å². The quantitative estimate of drug-likeness (QED) is 0.803. The van der Waals surface area contributed by atoms with Crippen molar-refractivity contribution in [2.45, 2.75) is 32.7 Å². The topological polar surface area (TPSA) is 38.7 Å². The van der Waals surface area contributed by atoms with Crippen LogP contribution in [-0.2, 0) is 19.7 Å². The molecule has 1 unspecified atom stereocenters. The monoisotopic (exact) mass is 353 g/mol. The minimum absolute atomic E-state index is 0.0926. The fourth-order valence-corrected chi connectivity index (χ4v) is 3.38. The van der Waals surface area contributed by atoms with Crippen LogP contribution in [-0.4, -0.2) is 48.1 Å². The van der Waals surface area contributed by atoms with Crippen LogP contribution in [0.25, 0.3) is 0 Å². The molecule has 0 saturated carbocycles. The van der Waals surface area contributed by atoms with Crippen molar-refractivity contribution in [3.63, 3.8) is 0 Å². The van der Waals surface area contributed by atoms with E-state index < -0.39 is 0 Å². The second kappa shape index (κ2) is 9.28. The largest absolute Gasteiger partial charge is 0.392 e. The van der Waals surface area contributed by atoms with Crippen LogP contribution in [0.4, 0.5) is 0 Å². The average molecular weight is 354 g/mol. The van der Waals surface area contributed by atoms with Gasteiger partial charge in [-0.2, -0.15) is 0 Å². The van der Waals surface area contributed by atoms with E-state index >= 15 is 0 Å². The highest BCUT2D eigenvalue weighted by atomic mass is 16.3. The summed E-state index contributed by atoms with van der Waals surface area (Å²) in [6.07, 6.45) is 0. The molecule has 1 aliphatic heterocycles. The molecule has 0 aliphatic carbocycles. The summed E-state index contributed by atoms with van der Waals surface area (Å²) >= 11 is 0. The van der Waals surface area contributed by atoms with Crippen molar-refractivity contribution < 1.29 is 5.11 Å². The molecule has 2 aromatic rings. The number of piperazine rings is 1. The summed E-state index contributed by atoms with van der Waals surface area (Å²) in [6, 6.07) is 17.4. The molecule has 1 aliphatic rings. The van der Waals surface area contributed by atoms with Gasteiger partial charge in [-0.05, 0) is 36.2 Å². The molecular formula is C22H31N3O. The lowest BCUT2D eigenvalue weighted by molar-refractivity contribution is 0.148. The molecule has 1 atom stereocenters. The van der Waals surface area contributed by atoms with Crippen LogP contribution in [0.3, 0.4) is 0 Å². The summed E-state index contributed by atoms with van der Waals surface area (Å²) in [6.45, 7) is 8.79. The second-order valence-electron chi connectivity index (χ2n) is 7.40. The van der Waals surface area contributed by atoms with E-state index in [1.54, 1.807) is 0 Å². The number of benzene rings is 2. The molecule has 0 amide bonds. The van der Waals surface area contributed by atoms with Crippen LogP contribution in [0.1, 0.15) is 35.2 Å². The van der Waals surface area contributed by atoms with Crippen molar-refractivity contribution in [3.05, 3.63) is 70.8 Å². The number of likely N-dealkylation sites (N-methyl/N-ethyl adjacent to an activating group) is 1. The Morgan fingerprint density at radius 1 is 0.962 bits per heavy atom. The zero-order valence-electron chi connectivity index (χ0n) is 16.0. The fourth-order valence-electron chi connectivity index (χ4n) is 3.38. The second-order valence-corrected chi connectivity index (χ2v) is 7.40. The molecule has 3 rings (SSSR count). The van der Waals surface area contributed by atoms with Gasteiger partial charge < -0.3 is 15.3 Å². The molecule has 140 valence electrons. The van der Waals surface area contributed by atoms with Crippen LogP contribution < -0.4 is 5.32 Å². The van der Waals surface area contributed by atoms with Crippen molar-refractivity contribution >= 4 is 0 Å². The van der Waals surface area contributed by atoms with Gasteiger partial charge >= 0.3 is 0 Å². The summed E-state index contributed by atoms with van der Waals surface area (Å²) in [5, 5.41) is 12.9. The zero-order chi connectivity index (χ0) is 18.4. The zero-order valence-corrected chi connectivity index (χ0v) is 16.0. The maximum atomic E-state index is 9.28. The highest BCUT2D eigenvalue weighted by Gasteiger charge is 2.13. The molecule has 26 heavy (non-hydrogen) atoms. The van der Waals surface area contributed by atoms with Gasteiger partial charge in [0.2, 0.25) is 0 Å². The Balaban J connectivity index is 1.49. The van der Waals surface area contributed by atoms with E-state index in [-0.39, 0.29) is 12.6 Å². The van der Waals surface area contributed by atoms with E-state index in [1.165, 1.54) is 16.7 Å². The Morgan fingerprint density at radius 2 is 1.65 bits per heavy atom. The first-order chi connectivity index (χ1) is 12.6. The summed E-state index contributed by atoms with van der Waals surface area (Å²) in [7, 11) is 2.19. The standard InChI is InChI=1S/C22H31N3O/c1-18(22-5-3-4-21(14-22)17-26)23-15-19-6-8-20(9-7-19)16-25-12-10-24(2)11-13-25/h3-9,14,18,23,26H,10-13,15-17H2,1-2H3. The van der Waals surface area contributed by atoms with Gasteiger partial charge in [-0.25, -0.2) is 0 Å². The highest BCUT2D eigenvalue weighted by Crippen LogP contribution is 2.16. The number of hydrogen-bond donors (Lipinski definition) is 2. The Hall–Kier alpha value is -1.72. The molecule has 4 nitrogen and oxygen atoms in total. The van der Waals surface area contributed by atoms with Crippen molar-refractivity contribution in [1.29, 1.82) is 0 Å². The van der Waals surface area contributed by atoms with Crippen LogP contribution in [0.5, 0.6) is 0 Å². The molecule has 2 N–H and O–H groups in total. The Bertz CT molecular complexity index is 678. The number of aliphatic hydroxyl groups excluding tert-OH is 1. The maximum Gasteiger partial charge on any atom is 0.0681 e. The van der Waals surface area contributed by atoms with E-state index in [1.807, 2.05) is 12.1 Å². The molecule has 2 aromatic carbocycles.